The van der Waals surface area contributed by atoms with Gasteiger partial charge in [0.15, 0.2) is 0 Å². The van der Waals surface area contributed by atoms with Gasteiger partial charge in [-0.15, -0.1) is 0 Å². The predicted octanol–water partition coefficient (Wildman–Crippen LogP) is -0.702. The molecule has 0 saturated carbocycles. The molecule has 0 heterocycles. The molecule has 0 amide bonds. The molecule has 0 rings (SSSR count). The van der Waals surface area contributed by atoms with E-state index in [-0.39, 0.29) is 29.6 Å². The molecule has 0 spiro atoms. The summed E-state index contributed by atoms with van der Waals surface area (Å²) in [5.41, 5.74) is 0. The maximum Gasteiger partial charge on any atom is 0.320 e. The molecule has 8 heavy (non-hydrogen) atoms. The van der Waals surface area contributed by atoms with Gasteiger partial charge in [0.25, 0.3) is 0 Å². The fourth-order valence-corrected chi connectivity index (χ4v) is 0.123. The Morgan fingerprint density at radius 1 is 1.75 bits per heavy atom. The number of nitrogens with one attached hydrogen (secondary N) is 1. The average molecular weight is 126 g/mol. The van der Waals surface area contributed by atoms with Crippen molar-refractivity contribution in [2.45, 2.75) is 13.0 Å². The number of likely N-dealkylation sites (N-methyl/N-ethyl adjacent to an activating group) is 1. The van der Waals surface area contributed by atoms with Gasteiger partial charge in [0.2, 0.25) is 0 Å². The first-order valence-electron chi connectivity index (χ1n) is 2.08. The van der Waals surface area contributed by atoms with Gasteiger partial charge in [-0.25, -0.2) is 0 Å². The van der Waals surface area contributed by atoms with E-state index in [2.05, 4.69) is 5.32 Å². The van der Waals surface area contributed by atoms with Gasteiger partial charge in [0, 0.05) is 29.6 Å². The van der Waals surface area contributed by atoms with Crippen LogP contribution in [0.4, 0.5) is 0 Å². The molecule has 0 aliphatic heterocycles. The fourth-order valence-electron chi connectivity index (χ4n) is 0.123. The second-order valence-electron chi connectivity index (χ2n) is 1.35. The van der Waals surface area contributed by atoms with E-state index < -0.39 is 12.0 Å². The van der Waals surface area contributed by atoms with Crippen LogP contribution in [0.25, 0.3) is 0 Å². The summed E-state index contributed by atoms with van der Waals surface area (Å²) in [4.78, 5) is 9.87. The molecule has 0 bridgehead atoms. The molecule has 0 aliphatic rings. The van der Waals surface area contributed by atoms with Gasteiger partial charge in [-0.3, -0.25) is 4.79 Å². The third-order valence-electron chi connectivity index (χ3n) is 0.803. The van der Waals surface area contributed by atoms with Crippen molar-refractivity contribution in [3.8, 4) is 0 Å². The molecule has 2 N–H and O–H groups in total. The number of aliphatic carboxylic acids is 1. The van der Waals surface area contributed by atoms with E-state index in [9.17, 15) is 4.79 Å². The first-order valence-corrected chi connectivity index (χ1v) is 2.08. The molecular weight excluding hydrogens is 117 g/mol. The van der Waals surface area contributed by atoms with Crippen molar-refractivity contribution < 1.29 is 9.90 Å². The predicted molar refractivity (Wildman–Crippen MR) is 31.9 cm³/mol. The fraction of sp³-hybridized carbons (Fsp3) is 0.750. The maximum atomic E-state index is 9.87. The van der Waals surface area contributed by atoms with Gasteiger partial charge in [-0.05, 0) is 14.0 Å². The van der Waals surface area contributed by atoms with Gasteiger partial charge in [0.05, 0.1) is 0 Å². The van der Waals surface area contributed by atoms with Gasteiger partial charge >= 0.3 is 5.97 Å². The Hall–Kier alpha value is 0.430. The van der Waals surface area contributed by atoms with Crippen LogP contribution >= 0.6 is 0 Å². The van der Waals surface area contributed by atoms with Crippen LogP contribution in [0.3, 0.4) is 0 Å². The summed E-state index contributed by atoms with van der Waals surface area (Å²) in [5.74, 6) is -0.817. The topological polar surface area (TPSA) is 49.3 Å². The number of hydrogen-bond acceptors (Lipinski definition) is 2. The largest absolute Gasteiger partial charge is 0.480 e. The van der Waals surface area contributed by atoms with E-state index >= 15 is 0 Å². The standard InChI is InChI=1S/C4H9NO2.Na/c1-3(5-2)4(6)7;/h3,5H,1-2H3,(H,6,7);/t3-;/m0./s1. The van der Waals surface area contributed by atoms with Crippen molar-refractivity contribution in [2.24, 2.45) is 0 Å². The van der Waals surface area contributed by atoms with Gasteiger partial charge in [-0.1, -0.05) is 0 Å². The SMILES string of the molecule is CN[C@@H](C)C(=O)O.[Na]. The summed E-state index contributed by atoms with van der Waals surface area (Å²) < 4.78 is 0. The molecule has 43 valence electrons. The minimum Gasteiger partial charge on any atom is -0.480 e. The zero-order valence-electron chi connectivity index (χ0n) is 5.43. The first-order chi connectivity index (χ1) is 3.18. The third-order valence-corrected chi connectivity index (χ3v) is 0.803. The molecular formula is C4H9NNaO2. The molecule has 3 nitrogen and oxygen atoms in total. The Labute approximate surface area is 70.8 Å². The Kier molecular flexibility index (Phi) is 7.83. The van der Waals surface area contributed by atoms with E-state index in [0.717, 1.165) is 0 Å². The molecule has 0 aromatic heterocycles. The van der Waals surface area contributed by atoms with E-state index in [1.807, 2.05) is 0 Å². The van der Waals surface area contributed by atoms with Crippen molar-refractivity contribution in [2.75, 3.05) is 7.05 Å². The van der Waals surface area contributed by atoms with Crippen LogP contribution in [-0.4, -0.2) is 53.7 Å². The van der Waals surface area contributed by atoms with E-state index in [0.29, 0.717) is 0 Å². The molecule has 0 saturated heterocycles. The summed E-state index contributed by atoms with van der Waals surface area (Å²) in [6.07, 6.45) is 0. The summed E-state index contributed by atoms with van der Waals surface area (Å²) in [5, 5.41) is 10.7. The summed E-state index contributed by atoms with van der Waals surface area (Å²) >= 11 is 0. The second-order valence-corrected chi connectivity index (χ2v) is 1.35. The Balaban J connectivity index is 0. The molecule has 0 aliphatic carbocycles. The van der Waals surface area contributed by atoms with Crippen molar-refractivity contribution in [3.63, 3.8) is 0 Å². The van der Waals surface area contributed by atoms with Crippen LogP contribution in [0.15, 0.2) is 0 Å². The summed E-state index contributed by atoms with van der Waals surface area (Å²) in [7, 11) is 1.61. The number of carboxylic acid groups (broad SMARTS) is 1. The van der Waals surface area contributed by atoms with E-state index in [1.54, 1.807) is 14.0 Å². The molecule has 0 aromatic rings. The Bertz CT molecular complexity index is 76.4. The van der Waals surface area contributed by atoms with Crippen molar-refractivity contribution >= 4 is 35.5 Å². The average Bonchev–Trinajstić information content (AvgIpc) is 1.65. The van der Waals surface area contributed by atoms with Crippen LogP contribution in [0.5, 0.6) is 0 Å². The zero-order chi connectivity index (χ0) is 5.86. The summed E-state index contributed by atoms with van der Waals surface area (Å²) in [6.45, 7) is 1.59. The molecule has 0 fully saturated rings. The minimum atomic E-state index is -0.817. The van der Waals surface area contributed by atoms with Crippen molar-refractivity contribution in [1.29, 1.82) is 0 Å². The van der Waals surface area contributed by atoms with Gasteiger partial charge in [-0.2, -0.15) is 0 Å². The molecule has 4 heteroatoms. The van der Waals surface area contributed by atoms with Crippen LogP contribution in [0.1, 0.15) is 6.92 Å². The van der Waals surface area contributed by atoms with Crippen LogP contribution in [-0.2, 0) is 4.79 Å². The quantitative estimate of drug-likeness (QED) is 0.481. The van der Waals surface area contributed by atoms with Crippen LogP contribution in [0, 0.1) is 0 Å². The third kappa shape index (κ3) is 4.59. The monoisotopic (exact) mass is 126 g/mol. The van der Waals surface area contributed by atoms with Crippen LogP contribution < -0.4 is 5.32 Å². The number of rotatable bonds is 2. The molecule has 0 aromatic carbocycles. The summed E-state index contributed by atoms with van der Waals surface area (Å²) in [6, 6.07) is -0.431. The Morgan fingerprint density at radius 3 is 2.12 bits per heavy atom. The van der Waals surface area contributed by atoms with Crippen molar-refractivity contribution in [3.05, 3.63) is 0 Å². The minimum absolute atomic E-state index is 0. The normalized spacial score (nSPS) is 11.8. The van der Waals surface area contributed by atoms with Gasteiger partial charge in [0.1, 0.15) is 6.04 Å². The number of carbonyl (C=O) groups is 1. The maximum absolute atomic E-state index is 9.87. The Morgan fingerprint density at radius 2 is 2.12 bits per heavy atom. The van der Waals surface area contributed by atoms with Gasteiger partial charge < -0.3 is 10.4 Å². The first kappa shape index (κ1) is 11.3. The molecule has 0 unspecified atom stereocenters. The van der Waals surface area contributed by atoms with Crippen molar-refractivity contribution in [1.82, 2.24) is 5.32 Å². The number of carboxylic acids is 1. The molecule has 1 radical (unpaired) electrons. The smallest absolute Gasteiger partial charge is 0.320 e. The van der Waals surface area contributed by atoms with E-state index in [1.165, 1.54) is 0 Å². The zero-order valence-corrected chi connectivity index (χ0v) is 7.43. The van der Waals surface area contributed by atoms with Crippen LogP contribution in [0.2, 0.25) is 0 Å². The number of hydrogen-bond donors (Lipinski definition) is 2. The molecule has 1 atom stereocenters. The second kappa shape index (κ2) is 5.56. The van der Waals surface area contributed by atoms with E-state index in [4.69, 9.17) is 5.11 Å².